The molecule has 0 saturated heterocycles. The maximum absolute atomic E-state index is 13.9. The molecule has 5 unspecified atom stereocenters. The van der Waals surface area contributed by atoms with Gasteiger partial charge in [-0.05, 0) is 63.1 Å². The summed E-state index contributed by atoms with van der Waals surface area (Å²) < 4.78 is 71.3. The molecule has 2 aliphatic rings. The number of ether oxygens (including phenoxy) is 1. The van der Waals surface area contributed by atoms with Crippen LogP contribution in [0.5, 0.6) is 0 Å². The van der Waals surface area contributed by atoms with Gasteiger partial charge in [0.1, 0.15) is 6.17 Å². The zero-order valence-corrected chi connectivity index (χ0v) is 20.3. The molecule has 0 aromatic rings. The van der Waals surface area contributed by atoms with E-state index in [-0.39, 0.29) is 56.5 Å². The standard InChI is InChI=1S/C20H30F5NO.U/c1-14(21)19(10-9-16-6-2-3-8-18(16)22)26-13-27-12-15-5-4-7-17(11-15)20(23,24)25;/h5,13-14,16-19,26H,1-4,6-12H2;/q-2;+2. The number of rotatable bonds is 9. The molecule has 0 aliphatic heterocycles. The van der Waals surface area contributed by atoms with Gasteiger partial charge in [0.05, 0.1) is 5.92 Å². The predicted molar refractivity (Wildman–Crippen MR) is 95.0 cm³/mol. The molecule has 0 amide bonds. The molecule has 1 saturated carbocycles. The number of hydrogen-bond donors (Lipinski definition) is 1. The first-order chi connectivity index (χ1) is 12.8. The van der Waals surface area contributed by atoms with Crippen molar-refractivity contribution in [1.82, 2.24) is 5.32 Å². The van der Waals surface area contributed by atoms with E-state index >= 15 is 0 Å². The summed E-state index contributed by atoms with van der Waals surface area (Å²) in [6.07, 6.45) is 0.186. The van der Waals surface area contributed by atoms with Crippen LogP contribution >= 0.6 is 0 Å². The molecule has 8 heteroatoms. The van der Waals surface area contributed by atoms with Crippen molar-refractivity contribution in [1.29, 1.82) is 0 Å². The second kappa shape index (κ2) is 12.9. The molecular formula is C20H30F5NOU. The van der Waals surface area contributed by atoms with E-state index in [9.17, 15) is 22.0 Å². The van der Waals surface area contributed by atoms with Gasteiger partial charge >= 0.3 is 37.3 Å². The van der Waals surface area contributed by atoms with E-state index in [2.05, 4.69) is 12.2 Å². The Labute approximate surface area is 188 Å². The summed E-state index contributed by atoms with van der Waals surface area (Å²) in [6, 6.07) is -0.595. The third-order valence-electron chi connectivity index (χ3n) is 5.66. The summed E-state index contributed by atoms with van der Waals surface area (Å²) in [5.74, 6) is -1.35. The average Bonchev–Trinajstić information content (AvgIpc) is 2.61. The van der Waals surface area contributed by atoms with Gasteiger partial charge in [0.2, 0.25) is 0 Å². The number of allylic oxidation sites excluding steroid dienone is 1. The van der Waals surface area contributed by atoms with Crippen LogP contribution in [0.25, 0.3) is 0 Å². The first kappa shape index (κ1) is 26.4. The normalized spacial score (nSPS) is 28.2. The Balaban J connectivity index is 0.00000392. The molecule has 2 rings (SSSR count). The molecule has 1 fully saturated rings. The minimum Gasteiger partial charge on any atom is -0.534 e. The number of alkyl halides is 5. The Kier molecular flexibility index (Phi) is 12.2. The first-order valence-electron chi connectivity index (χ1n) is 9.82. The zero-order chi connectivity index (χ0) is 19.9. The van der Waals surface area contributed by atoms with Gasteiger partial charge in [-0.1, -0.05) is 24.5 Å². The molecule has 0 heterocycles. The topological polar surface area (TPSA) is 21.3 Å². The van der Waals surface area contributed by atoms with Gasteiger partial charge in [-0.25, -0.2) is 4.39 Å². The molecule has 5 atom stereocenters. The van der Waals surface area contributed by atoms with Crippen LogP contribution in [0.3, 0.4) is 0 Å². The van der Waals surface area contributed by atoms with Crippen molar-refractivity contribution < 1.29 is 57.8 Å². The summed E-state index contributed by atoms with van der Waals surface area (Å²) in [5, 5.41) is 2.80. The molecule has 0 aromatic carbocycles. The minimum absolute atomic E-state index is 0. The molecule has 0 radical (unpaired) electrons. The van der Waals surface area contributed by atoms with E-state index in [1.807, 2.05) is 0 Å². The average molecular weight is 633 g/mol. The maximum Gasteiger partial charge on any atom is 2.00 e. The number of nitrogens with one attached hydrogen (secondary N) is 1. The van der Waals surface area contributed by atoms with Crippen LogP contribution in [0.1, 0.15) is 57.8 Å². The predicted octanol–water partition coefficient (Wildman–Crippen LogP) is 5.85. The van der Waals surface area contributed by atoms with Crippen molar-refractivity contribution in [3.05, 3.63) is 25.3 Å². The summed E-state index contributed by atoms with van der Waals surface area (Å²) in [6.45, 7) is 4.67. The number of hydrogen-bond acceptors (Lipinski definition) is 2. The van der Waals surface area contributed by atoms with Crippen LogP contribution in [0.4, 0.5) is 22.0 Å². The number of halogens is 5. The Hall–Kier alpha value is 0.362. The molecular weight excluding hydrogens is 603 g/mol. The molecule has 2 nitrogen and oxygen atoms in total. The second-order valence-electron chi connectivity index (χ2n) is 7.74. The fraction of sp³-hybridized carbons (Fsp3) is 0.800. The molecule has 160 valence electrons. The van der Waals surface area contributed by atoms with Crippen LogP contribution in [-0.2, 0) is 4.74 Å². The fourth-order valence-electron chi connectivity index (χ4n) is 3.92. The monoisotopic (exact) mass is 633 g/mol. The van der Waals surface area contributed by atoms with Gasteiger partial charge in [0, 0.05) is 6.61 Å². The Morgan fingerprint density at radius 3 is 2.61 bits per heavy atom. The summed E-state index contributed by atoms with van der Waals surface area (Å²) in [4.78, 5) is 0. The van der Waals surface area contributed by atoms with E-state index in [4.69, 9.17) is 4.74 Å². The van der Waals surface area contributed by atoms with Gasteiger partial charge in [-0.15, -0.1) is 0 Å². The van der Waals surface area contributed by atoms with Crippen molar-refractivity contribution in [2.45, 2.75) is 82.3 Å². The van der Waals surface area contributed by atoms with Crippen molar-refractivity contribution in [3.63, 3.8) is 0 Å². The Morgan fingerprint density at radius 1 is 1.25 bits per heavy atom. The third-order valence-corrected chi connectivity index (χ3v) is 5.66. The van der Waals surface area contributed by atoms with Gasteiger partial charge in [0.25, 0.3) is 0 Å². The Bertz CT molecular complexity index is 472. The fourth-order valence-corrected chi connectivity index (χ4v) is 3.92. The third kappa shape index (κ3) is 9.02. The van der Waals surface area contributed by atoms with E-state index < -0.39 is 30.5 Å². The zero-order valence-electron chi connectivity index (χ0n) is 16.1. The summed E-state index contributed by atoms with van der Waals surface area (Å²) >= 11 is 0. The van der Waals surface area contributed by atoms with Crippen LogP contribution in [-0.4, -0.2) is 31.2 Å². The summed E-state index contributed by atoms with van der Waals surface area (Å²) in [7, 11) is 0. The van der Waals surface area contributed by atoms with Gasteiger partial charge in [-0.3, -0.25) is 4.39 Å². The van der Waals surface area contributed by atoms with Gasteiger partial charge < -0.3 is 17.0 Å². The summed E-state index contributed by atoms with van der Waals surface area (Å²) in [5.41, 5.74) is 0.604. The van der Waals surface area contributed by atoms with Crippen molar-refractivity contribution in [3.8, 4) is 0 Å². The minimum atomic E-state index is -4.19. The van der Waals surface area contributed by atoms with E-state index in [0.717, 1.165) is 19.3 Å². The SMILES string of the molecule is [CH2-]C(F)C(CCC1CCCCC1F)N[CH-]OCC1=CCCC(C(F)(F)F)C1.[U+2]. The van der Waals surface area contributed by atoms with Gasteiger partial charge in [0.15, 0.2) is 0 Å². The molecule has 0 aromatic heterocycles. The smallest absolute Gasteiger partial charge is 0.534 e. The van der Waals surface area contributed by atoms with Crippen molar-refractivity contribution >= 4 is 0 Å². The van der Waals surface area contributed by atoms with Crippen molar-refractivity contribution in [2.75, 3.05) is 6.61 Å². The first-order valence-corrected chi connectivity index (χ1v) is 9.82. The van der Waals surface area contributed by atoms with E-state index in [1.165, 1.54) is 6.73 Å². The van der Waals surface area contributed by atoms with E-state index in [1.54, 1.807) is 6.08 Å². The van der Waals surface area contributed by atoms with Crippen LogP contribution in [0.15, 0.2) is 11.6 Å². The quantitative estimate of drug-likeness (QED) is 0.149. The maximum atomic E-state index is 13.9. The van der Waals surface area contributed by atoms with Crippen LogP contribution in [0, 0.1) is 56.6 Å². The molecule has 1 N–H and O–H groups in total. The van der Waals surface area contributed by atoms with Crippen LogP contribution < -0.4 is 5.32 Å². The largest absolute Gasteiger partial charge is 2.00 e. The Morgan fingerprint density at radius 2 is 1.96 bits per heavy atom. The molecule has 0 bridgehead atoms. The molecule has 2 aliphatic carbocycles. The van der Waals surface area contributed by atoms with Crippen LogP contribution in [0.2, 0.25) is 0 Å². The molecule has 28 heavy (non-hydrogen) atoms. The van der Waals surface area contributed by atoms with Gasteiger partial charge in [-0.2, -0.15) is 19.9 Å². The second-order valence-corrected chi connectivity index (χ2v) is 7.74. The van der Waals surface area contributed by atoms with Crippen molar-refractivity contribution in [2.24, 2.45) is 11.8 Å². The molecule has 0 spiro atoms. The van der Waals surface area contributed by atoms with E-state index in [0.29, 0.717) is 31.3 Å².